The van der Waals surface area contributed by atoms with Crippen LogP contribution in [0.25, 0.3) is 0 Å². The molecule has 232 valence electrons. The van der Waals surface area contributed by atoms with Gasteiger partial charge in [0.15, 0.2) is 0 Å². The minimum atomic E-state index is -4.67. The van der Waals surface area contributed by atoms with Crippen molar-refractivity contribution in [3.8, 4) is 0 Å². The van der Waals surface area contributed by atoms with Crippen molar-refractivity contribution in [3.63, 3.8) is 0 Å². The normalized spacial score (nSPS) is 15.9. The highest BCUT2D eigenvalue weighted by atomic mass is 32.2. The smallest absolute Gasteiger partial charge is 0.435 e. The Morgan fingerprint density at radius 3 is 2.17 bits per heavy atom. The first-order valence-electron chi connectivity index (χ1n) is 15.5. The predicted octanol–water partition coefficient (Wildman–Crippen LogP) is 10.5. The number of hydrogen-bond acceptors (Lipinski definition) is 5. The predicted molar refractivity (Wildman–Crippen MR) is 170 cm³/mol. The summed E-state index contributed by atoms with van der Waals surface area (Å²) in [5.41, 5.74) is 1.01. The number of unbranched alkanes of at least 4 members (excludes halogenated alkanes) is 8. The quantitative estimate of drug-likeness (QED) is 0.0733. The van der Waals surface area contributed by atoms with Crippen LogP contribution >= 0.6 is 19.4 Å². The van der Waals surface area contributed by atoms with Crippen LogP contribution in [0, 0.1) is 0 Å². The summed E-state index contributed by atoms with van der Waals surface area (Å²) in [6, 6.07) is 9.09. The molecule has 0 aliphatic carbocycles. The Labute approximate surface area is 248 Å². The molecule has 2 N–H and O–H groups in total. The van der Waals surface area contributed by atoms with Gasteiger partial charge in [-0.1, -0.05) is 117 Å². The number of thioether (sulfide) groups is 1. The molecule has 0 saturated carbocycles. The van der Waals surface area contributed by atoms with Crippen LogP contribution in [0.1, 0.15) is 142 Å². The maximum atomic E-state index is 11.7. The van der Waals surface area contributed by atoms with Crippen LogP contribution < -0.4 is 0 Å². The van der Waals surface area contributed by atoms with Gasteiger partial charge in [0, 0.05) is 0 Å². The molecule has 40 heavy (non-hydrogen) atoms. The monoisotopic (exact) mass is 600 g/mol. The van der Waals surface area contributed by atoms with Crippen LogP contribution in [0.3, 0.4) is 0 Å². The molecule has 0 spiro atoms. The van der Waals surface area contributed by atoms with Crippen molar-refractivity contribution in [3.05, 3.63) is 35.4 Å². The summed E-state index contributed by atoms with van der Waals surface area (Å²) in [4.78, 5) is 20.4. The van der Waals surface area contributed by atoms with Gasteiger partial charge in [-0.15, -0.1) is 11.8 Å². The zero-order valence-electron chi connectivity index (χ0n) is 26.0. The van der Waals surface area contributed by atoms with Crippen LogP contribution in [-0.2, 0) is 19.2 Å². The van der Waals surface area contributed by atoms with E-state index in [-0.39, 0.29) is 17.5 Å². The van der Waals surface area contributed by atoms with Crippen molar-refractivity contribution in [1.82, 2.24) is 0 Å². The first-order chi connectivity index (χ1) is 18.9. The van der Waals surface area contributed by atoms with E-state index >= 15 is 0 Å². The van der Waals surface area contributed by atoms with Crippen LogP contribution in [0.2, 0.25) is 0 Å². The lowest BCUT2D eigenvalue weighted by molar-refractivity contribution is 0.0108. The van der Waals surface area contributed by atoms with Gasteiger partial charge in [-0.2, -0.15) is 0 Å². The topological polar surface area (TPSA) is 93.1 Å². The molecule has 0 amide bonds. The number of carbonyl (C=O) groups is 1. The Hall–Kier alpha value is -0.850. The van der Waals surface area contributed by atoms with Crippen molar-refractivity contribution in [2.75, 3.05) is 12.4 Å². The van der Waals surface area contributed by atoms with Crippen LogP contribution in [0.4, 0.5) is 4.79 Å². The largest absolute Gasteiger partial charge is 0.472 e. The minimum absolute atomic E-state index is 0.0608. The Morgan fingerprint density at radius 1 is 0.950 bits per heavy atom. The molecule has 8 heteroatoms. The summed E-state index contributed by atoms with van der Waals surface area (Å²) >= 11 is 1.81. The van der Waals surface area contributed by atoms with Crippen LogP contribution in [0.5, 0.6) is 0 Å². The van der Waals surface area contributed by atoms with E-state index in [0.717, 1.165) is 25.0 Å². The Bertz CT molecular complexity index is 871. The Morgan fingerprint density at radius 2 is 1.55 bits per heavy atom. The lowest BCUT2D eigenvalue weighted by atomic mass is 9.83. The van der Waals surface area contributed by atoms with Gasteiger partial charge in [-0.25, -0.2) is 9.36 Å². The maximum Gasteiger partial charge on any atom is 0.435 e. The fourth-order valence-electron chi connectivity index (χ4n) is 4.74. The van der Waals surface area contributed by atoms with Gasteiger partial charge in [0.25, 0.3) is 0 Å². The Kier molecular flexibility index (Phi) is 18.7. The number of ether oxygens (including phenoxy) is 1. The van der Waals surface area contributed by atoms with E-state index in [0.29, 0.717) is 5.92 Å². The molecule has 1 aromatic carbocycles. The molecule has 6 nitrogen and oxygen atoms in total. The molecular weight excluding hydrogens is 543 g/mol. The van der Waals surface area contributed by atoms with Crippen LogP contribution in [-0.4, -0.2) is 39.6 Å². The molecule has 4 unspecified atom stereocenters. The Balaban J connectivity index is 2.81. The highest BCUT2D eigenvalue weighted by Gasteiger charge is 2.31. The highest BCUT2D eigenvalue weighted by molar-refractivity contribution is 7.99. The molecule has 0 bridgehead atoms. The summed E-state index contributed by atoms with van der Waals surface area (Å²) in [5, 5.41) is 8.87. The number of carboxylic acid groups (broad SMARTS) is 1. The SMILES string of the molecule is CCCCCCCCCC(OC(C)COP(=O)(O)C(=O)O)SCCC(CCCCC)c1cccc(C(C)(C)C)c1. The first-order valence-corrected chi connectivity index (χ1v) is 18.1. The number of hydrogen-bond donors (Lipinski definition) is 2. The summed E-state index contributed by atoms with van der Waals surface area (Å²) in [7, 11) is -4.67. The maximum absolute atomic E-state index is 11.7. The fraction of sp³-hybridized carbons (Fsp3) is 0.781. The van der Waals surface area contributed by atoms with E-state index < -0.39 is 19.4 Å². The van der Waals surface area contributed by atoms with Crippen molar-refractivity contribution in [2.24, 2.45) is 0 Å². The highest BCUT2D eigenvalue weighted by Crippen LogP contribution is 2.42. The van der Waals surface area contributed by atoms with Gasteiger partial charge in [-0.05, 0) is 60.8 Å². The molecule has 0 fully saturated rings. The van der Waals surface area contributed by atoms with E-state index in [9.17, 15) is 14.3 Å². The van der Waals surface area contributed by atoms with Gasteiger partial charge >= 0.3 is 13.3 Å². The number of rotatable bonds is 23. The second kappa shape index (κ2) is 20.1. The van der Waals surface area contributed by atoms with Gasteiger partial charge in [0.2, 0.25) is 0 Å². The van der Waals surface area contributed by atoms with Gasteiger partial charge in [0.1, 0.15) is 5.44 Å². The molecule has 0 aliphatic rings. The van der Waals surface area contributed by atoms with E-state index in [4.69, 9.17) is 14.4 Å². The summed E-state index contributed by atoms with van der Waals surface area (Å²) < 4.78 is 22.7. The molecule has 0 heterocycles. The molecule has 1 aromatic rings. The van der Waals surface area contributed by atoms with E-state index in [1.54, 1.807) is 6.92 Å². The summed E-state index contributed by atoms with van der Waals surface area (Å²) in [6.07, 6.45) is 14.9. The molecule has 1 rings (SSSR count). The molecule has 0 aliphatic heterocycles. The van der Waals surface area contributed by atoms with Crippen molar-refractivity contribution >= 4 is 25.1 Å². The molecular formula is C32H57O6PS. The third-order valence-corrected chi connectivity index (χ3v) is 9.48. The summed E-state index contributed by atoms with van der Waals surface area (Å²) in [5.74, 6) is 1.45. The van der Waals surface area contributed by atoms with Crippen molar-refractivity contribution < 1.29 is 28.6 Å². The first kappa shape index (κ1) is 37.2. The lowest BCUT2D eigenvalue weighted by Gasteiger charge is -2.25. The molecule has 4 atom stereocenters. The fourth-order valence-corrected chi connectivity index (χ4v) is 6.55. The third-order valence-electron chi connectivity index (χ3n) is 7.30. The third kappa shape index (κ3) is 16.0. The number of benzene rings is 1. The lowest BCUT2D eigenvalue weighted by Crippen LogP contribution is -2.22. The summed E-state index contributed by atoms with van der Waals surface area (Å²) in [6.45, 7) is 12.8. The van der Waals surface area contributed by atoms with Crippen molar-refractivity contribution in [2.45, 2.75) is 148 Å². The second-order valence-electron chi connectivity index (χ2n) is 12.1. The van der Waals surface area contributed by atoms with E-state index in [1.807, 2.05) is 11.8 Å². The van der Waals surface area contributed by atoms with Gasteiger partial charge in [0.05, 0.1) is 12.7 Å². The van der Waals surface area contributed by atoms with Gasteiger partial charge < -0.3 is 14.7 Å². The molecule has 0 aromatic heterocycles. The second-order valence-corrected chi connectivity index (χ2v) is 15.1. The van der Waals surface area contributed by atoms with Gasteiger partial charge in [-0.3, -0.25) is 4.52 Å². The van der Waals surface area contributed by atoms with E-state index in [1.165, 1.54) is 75.3 Å². The average molecular weight is 601 g/mol. The standard InChI is InChI=1S/C32H57O6PS/c1-7-9-11-12-13-14-16-21-30(38-26(3)25-37-39(35,36)31(33)34)40-23-22-27(18-15-10-8-2)28-19-17-20-29(24-28)32(4,5)6/h17,19-20,24,26-27,30H,7-16,18,21-23,25H2,1-6H3,(H,33,34)(H,35,36). The van der Waals surface area contributed by atoms with E-state index in [2.05, 4.69) is 58.9 Å². The molecule has 0 radical (unpaired) electrons. The van der Waals surface area contributed by atoms with Crippen LogP contribution in [0.15, 0.2) is 24.3 Å². The van der Waals surface area contributed by atoms with Crippen molar-refractivity contribution in [1.29, 1.82) is 0 Å². The molecule has 0 saturated heterocycles. The zero-order valence-corrected chi connectivity index (χ0v) is 27.7. The zero-order chi connectivity index (χ0) is 30.0. The average Bonchev–Trinajstić information content (AvgIpc) is 2.90. The minimum Gasteiger partial charge on any atom is -0.472 e.